The third-order valence-electron chi connectivity index (χ3n) is 6.65. The molecule has 7 nitrogen and oxygen atoms in total. The van der Waals surface area contributed by atoms with Crippen molar-refractivity contribution in [1.29, 1.82) is 0 Å². The zero-order valence-corrected chi connectivity index (χ0v) is 17.4. The lowest BCUT2D eigenvalue weighted by molar-refractivity contribution is -0.155. The first-order valence-corrected chi connectivity index (χ1v) is 11.2. The van der Waals surface area contributed by atoms with E-state index in [2.05, 4.69) is 44.0 Å². The Bertz CT molecular complexity index is 1050. The van der Waals surface area contributed by atoms with Crippen molar-refractivity contribution in [3.05, 3.63) is 65.9 Å². The number of hydrogen-bond donors (Lipinski definition) is 0. The summed E-state index contributed by atoms with van der Waals surface area (Å²) in [4.78, 5) is 4.30. The van der Waals surface area contributed by atoms with Crippen molar-refractivity contribution < 1.29 is 14.2 Å². The summed E-state index contributed by atoms with van der Waals surface area (Å²) in [7, 11) is 0. The molecule has 0 bridgehead atoms. The van der Waals surface area contributed by atoms with Gasteiger partial charge in [0.1, 0.15) is 17.8 Å². The van der Waals surface area contributed by atoms with Crippen LogP contribution in [0.5, 0.6) is 5.88 Å². The first-order valence-electron chi connectivity index (χ1n) is 11.2. The lowest BCUT2D eigenvalue weighted by Crippen LogP contribution is -2.35. The van der Waals surface area contributed by atoms with E-state index in [-0.39, 0.29) is 6.10 Å². The Hall–Kier alpha value is -2.77. The number of aromatic nitrogens is 4. The molecule has 0 unspecified atom stereocenters. The Morgan fingerprint density at radius 2 is 1.71 bits per heavy atom. The van der Waals surface area contributed by atoms with E-state index in [0.29, 0.717) is 31.4 Å². The first-order chi connectivity index (χ1) is 15.3. The van der Waals surface area contributed by atoms with Gasteiger partial charge in [-0.3, -0.25) is 4.57 Å². The van der Waals surface area contributed by atoms with Crippen molar-refractivity contribution in [2.24, 2.45) is 0 Å². The van der Waals surface area contributed by atoms with Gasteiger partial charge in [-0.2, -0.15) is 0 Å². The summed E-state index contributed by atoms with van der Waals surface area (Å²) in [5.74, 6) is 2.42. The van der Waals surface area contributed by atoms with Gasteiger partial charge in [-0.25, -0.2) is 4.98 Å². The molecule has 1 saturated carbocycles. The molecule has 7 heteroatoms. The largest absolute Gasteiger partial charge is 0.474 e. The van der Waals surface area contributed by atoms with Crippen molar-refractivity contribution in [3.63, 3.8) is 0 Å². The van der Waals surface area contributed by atoms with E-state index >= 15 is 0 Å². The van der Waals surface area contributed by atoms with Crippen LogP contribution in [0.2, 0.25) is 0 Å². The van der Waals surface area contributed by atoms with Gasteiger partial charge in [0.15, 0.2) is 5.79 Å². The van der Waals surface area contributed by atoms with Crippen LogP contribution in [-0.4, -0.2) is 44.9 Å². The molecule has 2 fully saturated rings. The Morgan fingerprint density at radius 1 is 0.903 bits per heavy atom. The molecule has 1 spiro atoms. The van der Waals surface area contributed by atoms with Crippen LogP contribution in [0.25, 0.3) is 5.69 Å². The third-order valence-corrected chi connectivity index (χ3v) is 6.65. The van der Waals surface area contributed by atoms with E-state index in [9.17, 15) is 0 Å². The van der Waals surface area contributed by atoms with Gasteiger partial charge >= 0.3 is 0 Å². The average molecular weight is 418 g/mol. The van der Waals surface area contributed by atoms with E-state index in [0.717, 1.165) is 49.4 Å². The highest BCUT2D eigenvalue weighted by molar-refractivity contribution is 5.45. The predicted molar refractivity (Wildman–Crippen MR) is 113 cm³/mol. The summed E-state index contributed by atoms with van der Waals surface area (Å²) in [6.07, 6.45) is 7.35. The van der Waals surface area contributed by atoms with Crippen LogP contribution in [0.1, 0.15) is 48.8 Å². The van der Waals surface area contributed by atoms with Gasteiger partial charge in [0.25, 0.3) is 0 Å². The molecule has 0 N–H and O–H groups in total. The summed E-state index contributed by atoms with van der Waals surface area (Å²) < 4.78 is 20.5. The predicted octanol–water partition coefficient (Wildman–Crippen LogP) is 3.61. The normalized spacial score (nSPS) is 24.4. The highest BCUT2D eigenvalue weighted by Crippen LogP contribution is 2.39. The average Bonchev–Trinajstić information content (AvgIpc) is 3.40. The van der Waals surface area contributed by atoms with E-state index < -0.39 is 5.79 Å². The molecule has 3 aliphatic rings. The smallest absolute Gasteiger partial charge is 0.213 e. The lowest BCUT2D eigenvalue weighted by atomic mass is 9.86. The lowest BCUT2D eigenvalue weighted by Gasteiger charge is -2.28. The Kier molecular flexibility index (Phi) is 4.73. The van der Waals surface area contributed by atoms with Gasteiger partial charge < -0.3 is 14.2 Å². The number of ether oxygens (including phenoxy) is 3. The fourth-order valence-electron chi connectivity index (χ4n) is 5.17. The highest BCUT2D eigenvalue weighted by Gasteiger charge is 2.42. The van der Waals surface area contributed by atoms with E-state index in [1.807, 2.05) is 18.2 Å². The molecule has 2 aromatic heterocycles. The zero-order valence-electron chi connectivity index (χ0n) is 17.4. The fourth-order valence-corrected chi connectivity index (χ4v) is 5.17. The van der Waals surface area contributed by atoms with Gasteiger partial charge in [0, 0.05) is 24.6 Å². The molecule has 4 heterocycles. The maximum atomic E-state index is 6.09. The number of fused-ring (bicyclic) bond motifs is 3. The molecular formula is C24H26N4O3. The molecule has 1 aromatic carbocycles. The van der Waals surface area contributed by atoms with Crippen molar-refractivity contribution in [2.75, 3.05) is 13.2 Å². The topological polar surface area (TPSA) is 71.3 Å². The Balaban J connectivity index is 1.27. The summed E-state index contributed by atoms with van der Waals surface area (Å²) >= 11 is 0. The first kappa shape index (κ1) is 19.0. The molecular weight excluding hydrogens is 392 g/mol. The minimum Gasteiger partial charge on any atom is -0.474 e. The molecule has 1 saturated heterocycles. The summed E-state index contributed by atoms with van der Waals surface area (Å²) in [5.41, 5.74) is 2.37. The van der Waals surface area contributed by atoms with Crippen LogP contribution in [0, 0.1) is 0 Å². The molecule has 0 amide bonds. The molecule has 6 rings (SSSR count). The zero-order chi connectivity index (χ0) is 20.7. The molecule has 31 heavy (non-hydrogen) atoms. The summed E-state index contributed by atoms with van der Waals surface area (Å²) in [6.45, 7) is 1.26. The molecule has 1 aliphatic carbocycles. The number of nitrogens with zero attached hydrogens (tertiary/aromatic N) is 4. The fraction of sp³-hybridized carbons (Fsp3) is 0.458. The maximum Gasteiger partial charge on any atom is 0.213 e. The second-order valence-corrected chi connectivity index (χ2v) is 8.66. The van der Waals surface area contributed by atoms with Crippen LogP contribution < -0.4 is 4.74 Å². The number of para-hydroxylation sites is 1. The van der Waals surface area contributed by atoms with E-state index in [4.69, 9.17) is 14.2 Å². The quantitative estimate of drug-likeness (QED) is 0.647. The highest BCUT2D eigenvalue weighted by atomic mass is 16.7. The number of hydrogen-bond acceptors (Lipinski definition) is 6. The third kappa shape index (κ3) is 3.51. The van der Waals surface area contributed by atoms with Crippen molar-refractivity contribution >= 4 is 0 Å². The Morgan fingerprint density at radius 3 is 2.52 bits per heavy atom. The monoisotopic (exact) mass is 418 g/mol. The van der Waals surface area contributed by atoms with E-state index in [1.54, 1.807) is 6.20 Å². The number of benzene rings is 1. The molecule has 160 valence electrons. The molecule has 3 aromatic rings. The van der Waals surface area contributed by atoms with Gasteiger partial charge in [-0.05, 0) is 43.4 Å². The minimum absolute atomic E-state index is 0.202. The van der Waals surface area contributed by atoms with Crippen molar-refractivity contribution in [3.8, 4) is 11.6 Å². The van der Waals surface area contributed by atoms with Crippen LogP contribution in [0.4, 0.5) is 0 Å². The maximum absolute atomic E-state index is 6.09. The molecule has 0 radical (unpaired) electrons. The standard InChI is InChI=1S/C24H26N4O3/c1-2-6-20-18(5-1)15-24(29-13-14-30-24)16-21-26-27-23(28(20)21)17-8-10-19(11-9-17)31-22-7-3-4-12-25-22/h1-7,12,17,19H,8-11,13-16H2/t17-,19-. The van der Waals surface area contributed by atoms with Crippen LogP contribution in [-0.2, 0) is 22.3 Å². The SMILES string of the molecule is c1ccc(O[C@H]2CC[C@H](c3nnc4n3-c3ccccc3CC3(C4)OCCO3)CC2)nc1. The molecule has 2 aliphatic heterocycles. The van der Waals surface area contributed by atoms with Crippen LogP contribution >= 0.6 is 0 Å². The molecule has 0 atom stereocenters. The second kappa shape index (κ2) is 7.73. The van der Waals surface area contributed by atoms with Crippen LogP contribution in [0.15, 0.2) is 48.7 Å². The van der Waals surface area contributed by atoms with Gasteiger partial charge in [0.05, 0.1) is 25.3 Å². The van der Waals surface area contributed by atoms with Crippen LogP contribution in [0.3, 0.4) is 0 Å². The van der Waals surface area contributed by atoms with Gasteiger partial charge in [0.2, 0.25) is 5.88 Å². The van der Waals surface area contributed by atoms with Crippen molar-refractivity contribution in [1.82, 2.24) is 19.7 Å². The van der Waals surface area contributed by atoms with E-state index in [1.165, 1.54) is 5.56 Å². The van der Waals surface area contributed by atoms with Gasteiger partial charge in [-0.1, -0.05) is 24.3 Å². The van der Waals surface area contributed by atoms with Crippen molar-refractivity contribution in [2.45, 2.75) is 56.3 Å². The Labute approximate surface area is 181 Å². The second-order valence-electron chi connectivity index (χ2n) is 8.66. The van der Waals surface area contributed by atoms with Gasteiger partial charge in [-0.15, -0.1) is 10.2 Å². The summed E-state index contributed by atoms with van der Waals surface area (Å²) in [5, 5.41) is 9.28. The minimum atomic E-state index is -0.622. The summed E-state index contributed by atoms with van der Waals surface area (Å²) in [6, 6.07) is 14.3. The number of rotatable bonds is 3. The number of pyridine rings is 1.